The molecule has 1 N–H and O–H groups in total. The van der Waals surface area contributed by atoms with Gasteiger partial charge in [-0.1, -0.05) is 11.6 Å². The summed E-state index contributed by atoms with van der Waals surface area (Å²) in [5.41, 5.74) is -1.25. The molecule has 2 aliphatic rings. The lowest BCUT2D eigenvalue weighted by molar-refractivity contribution is -0.126. The minimum atomic E-state index is -3.85. The largest absolute Gasteiger partial charge is 0.444 e. The number of ether oxygens (including phenoxy) is 1. The highest BCUT2D eigenvalue weighted by Gasteiger charge is 2.51. The van der Waals surface area contributed by atoms with Crippen LogP contribution in [-0.4, -0.2) is 54.3 Å². The van der Waals surface area contributed by atoms with Gasteiger partial charge in [-0.25, -0.2) is 13.2 Å². The van der Waals surface area contributed by atoms with Gasteiger partial charge in [-0.05, 0) is 70.7 Å². The van der Waals surface area contributed by atoms with Crippen molar-refractivity contribution in [1.29, 1.82) is 5.26 Å². The number of amides is 2. The van der Waals surface area contributed by atoms with Crippen molar-refractivity contribution >= 4 is 33.4 Å². The van der Waals surface area contributed by atoms with Gasteiger partial charge >= 0.3 is 6.09 Å². The fraction of sp³-hybridized carbons (Fsp3) is 0.571. The molecular formula is C21H26ClN3O5S. The summed E-state index contributed by atoms with van der Waals surface area (Å²) in [6, 6.07) is 5.52. The summed E-state index contributed by atoms with van der Waals surface area (Å²) in [5.74, 6) is -0.546. The minimum absolute atomic E-state index is 0.0863. The summed E-state index contributed by atoms with van der Waals surface area (Å²) < 4.78 is 32.1. The number of nitrogens with zero attached hydrogens (tertiary/aromatic N) is 2. The van der Waals surface area contributed by atoms with Gasteiger partial charge in [0.25, 0.3) is 0 Å². The summed E-state index contributed by atoms with van der Waals surface area (Å²) in [6.45, 7) is 6.53. The molecule has 1 saturated carbocycles. The van der Waals surface area contributed by atoms with Crippen LogP contribution in [0.3, 0.4) is 0 Å². The molecule has 31 heavy (non-hydrogen) atoms. The predicted octanol–water partition coefficient (Wildman–Crippen LogP) is 2.97. The first-order valence-corrected chi connectivity index (χ1v) is 11.9. The molecule has 2 atom stereocenters. The molecule has 0 unspecified atom stereocenters. The molecule has 1 aliphatic carbocycles. The molecule has 2 amide bonds. The van der Waals surface area contributed by atoms with Gasteiger partial charge < -0.3 is 10.1 Å². The highest BCUT2D eigenvalue weighted by molar-refractivity contribution is 7.92. The Hall–Kier alpha value is -2.31. The number of carbonyl (C=O) groups is 2. The average Bonchev–Trinajstić information content (AvgIpc) is 3.25. The van der Waals surface area contributed by atoms with Gasteiger partial charge in [0.1, 0.15) is 17.2 Å². The Morgan fingerprint density at radius 2 is 1.97 bits per heavy atom. The average molecular weight is 468 g/mol. The van der Waals surface area contributed by atoms with Crippen molar-refractivity contribution in [2.45, 2.75) is 74.3 Å². The third-order valence-electron chi connectivity index (χ3n) is 5.40. The summed E-state index contributed by atoms with van der Waals surface area (Å²) in [4.78, 5) is 27.0. The van der Waals surface area contributed by atoms with E-state index in [1.807, 2.05) is 0 Å². The number of hydrogen-bond acceptors (Lipinski definition) is 6. The third kappa shape index (κ3) is 4.96. The van der Waals surface area contributed by atoms with Crippen molar-refractivity contribution < 1.29 is 22.7 Å². The van der Waals surface area contributed by atoms with E-state index < -0.39 is 44.3 Å². The summed E-state index contributed by atoms with van der Waals surface area (Å²) in [5, 5.41) is 11.4. The molecule has 1 aliphatic heterocycles. The Morgan fingerprint density at radius 3 is 2.48 bits per heavy atom. The molecule has 1 saturated heterocycles. The van der Waals surface area contributed by atoms with Crippen LogP contribution in [0.2, 0.25) is 5.02 Å². The maximum Gasteiger partial charge on any atom is 0.411 e. The molecule has 2 fully saturated rings. The first-order valence-electron chi connectivity index (χ1n) is 10.0. The van der Waals surface area contributed by atoms with Crippen LogP contribution in [0, 0.1) is 18.3 Å². The fourth-order valence-electron chi connectivity index (χ4n) is 3.61. The van der Waals surface area contributed by atoms with E-state index in [1.54, 1.807) is 33.8 Å². The van der Waals surface area contributed by atoms with Gasteiger partial charge in [0.15, 0.2) is 9.84 Å². The van der Waals surface area contributed by atoms with Gasteiger partial charge in [-0.15, -0.1) is 0 Å². The van der Waals surface area contributed by atoms with Crippen molar-refractivity contribution in [3.63, 3.8) is 0 Å². The van der Waals surface area contributed by atoms with Crippen LogP contribution in [0.25, 0.3) is 0 Å². The topological polar surface area (TPSA) is 117 Å². The van der Waals surface area contributed by atoms with Gasteiger partial charge in [0.05, 0.1) is 16.2 Å². The van der Waals surface area contributed by atoms with Crippen molar-refractivity contribution in [1.82, 2.24) is 10.2 Å². The van der Waals surface area contributed by atoms with Crippen molar-refractivity contribution in [3.8, 4) is 6.07 Å². The Balaban J connectivity index is 1.90. The van der Waals surface area contributed by atoms with Crippen LogP contribution in [0.5, 0.6) is 0 Å². The van der Waals surface area contributed by atoms with Crippen molar-refractivity contribution in [2.75, 3.05) is 6.54 Å². The van der Waals surface area contributed by atoms with Gasteiger partial charge in [0.2, 0.25) is 5.91 Å². The van der Waals surface area contributed by atoms with E-state index in [1.165, 1.54) is 12.1 Å². The minimum Gasteiger partial charge on any atom is -0.444 e. The molecule has 0 bridgehead atoms. The highest BCUT2D eigenvalue weighted by Crippen LogP contribution is 2.36. The van der Waals surface area contributed by atoms with Gasteiger partial charge in [-0.2, -0.15) is 5.26 Å². The number of hydrogen-bond donors (Lipinski definition) is 1. The van der Waals surface area contributed by atoms with Crippen LogP contribution >= 0.6 is 11.6 Å². The Morgan fingerprint density at radius 1 is 1.32 bits per heavy atom. The second-order valence-electron chi connectivity index (χ2n) is 9.14. The molecule has 8 nitrogen and oxygen atoms in total. The van der Waals surface area contributed by atoms with E-state index in [-0.39, 0.29) is 17.9 Å². The molecule has 3 rings (SSSR count). The van der Waals surface area contributed by atoms with E-state index in [9.17, 15) is 23.3 Å². The maximum absolute atomic E-state index is 13.3. The number of nitrogens with one attached hydrogen (secondary N) is 1. The molecular weight excluding hydrogens is 442 g/mol. The van der Waals surface area contributed by atoms with Crippen LogP contribution in [0.15, 0.2) is 23.1 Å². The SMILES string of the molecule is Cc1cc(Cl)ccc1S(=O)(=O)[C@@H]1C[C@@H](C(=O)NC2(C#N)CC2)N(C(=O)OC(C)(C)C)C1. The number of halogens is 1. The molecule has 10 heteroatoms. The number of nitriles is 1. The molecule has 1 heterocycles. The number of aryl methyl sites for hydroxylation is 1. The number of benzene rings is 1. The zero-order valence-corrected chi connectivity index (χ0v) is 19.5. The van der Waals surface area contributed by atoms with E-state index in [4.69, 9.17) is 16.3 Å². The zero-order valence-electron chi connectivity index (χ0n) is 17.9. The fourth-order valence-corrected chi connectivity index (χ4v) is 5.76. The maximum atomic E-state index is 13.3. The zero-order chi connectivity index (χ0) is 23.2. The number of carbonyl (C=O) groups excluding carboxylic acids is 2. The number of rotatable bonds is 4. The van der Waals surface area contributed by atoms with Crippen LogP contribution in [-0.2, 0) is 19.4 Å². The summed E-state index contributed by atoms with van der Waals surface area (Å²) in [6.07, 6.45) is 0.206. The lowest BCUT2D eigenvalue weighted by Gasteiger charge is -2.28. The normalized spacial score (nSPS) is 22.5. The highest BCUT2D eigenvalue weighted by atomic mass is 35.5. The molecule has 1 aromatic rings. The number of sulfone groups is 1. The van der Waals surface area contributed by atoms with Crippen LogP contribution < -0.4 is 5.32 Å². The lowest BCUT2D eigenvalue weighted by Crippen LogP contribution is -2.50. The Bertz CT molecular complexity index is 1050. The second kappa shape index (κ2) is 7.99. The van der Waals surface area contributed by atoms with E-state index in [0.717, 1.165) is 4.90 Å². The quantitative estimate of drug-likeness (QED) is 0.727. The van der Waals surface area contributed by atoms with Crippen LogP contribution in [0.1, 0.15) is 45.6 Å². The Labute approximate surface area is 187 Å². The van der Waals surface area contributed by atoms with Gasteiger partial charge in [0, 0.05) is 11.6 Å². The summed E-state index contributed by atoms with van der Waals surface area (Å²) >= 11 is 5.96. The standard InChI is InChI=1S/C21H26ClN3O5S/c1-13-9-14(22)5-6-17(13)31(28,29)15-10-16(18(26)24-21(12-23)7-8-21)25(11-15)19(27)30-20(2,3)4/h5-6,9,15-16H,7-8,10-11H2,1-4H3,(H,24,26)/t15-,16+/m1/s1. The van der Waals surface area contributed by atoms with E-state index >= 15 is 0 Å². The second-order valence-corrected chi connectivity index (χ2v) is 11.8. The summed E-state index contributed by atoms with van der Waals surface area (Å²) in [7, 11) is -3.85. The third-order valence-corrected chi connectivity index (χ3v) is 7.93. The molecule has 168 valence electrons. The van der Waals surface area contributed by atoms with Gasteiger partial charge in [-0.3, -0.25) is 9.69 Å². The van der Waals surface area contributed by atoms with Crippen molar-refractivity contribution in [3.05, 3.63) is 28.8 Å². The molecule has 0 spiro atoms. The Kier molecular flexibility index (Phi) is 6.02. The molecule has 0 aromatic heterocycles. The molecule has 0 radical (unpaired) electrons. The number of likely N-dealkylation sites (tertiary alicyclic amines) is 1. The predicted molar refractivity (Wildman–Crippen MR) is 114 cm³/mol. The van der Waals surface area contributed by atoms with E-state index in [0.29, 0.717) is 23.4 Å². The van der Waals surface area contributed by atoms with Crippen LogP contribution in [0.4, 0.5) is 4.79 Å². The molecule has 1 aromatic carbocycles. The lowest BCUT2D eigenvalue weighted by atomic mass is 10.2. The first kappa shape index (κ1) is 23.4. The van der Waals surface area contributed by atoms with Crippen molar-refractivity contribution in [2.24, 2.45) is 0 Å². The first-order chi connectivity index (χ1) is 14.3. The monoisotopic (exact) mass is 467 g/mol. The van der Waals surface area contributed by atoms with E-state index in [2.05, 4.69) is 11.4 Å². The smallest absolute Gasteiger partial charge is 0.411 e.